The van der Waals surface area contributed by atoms with Crippen LogP contribution in [0.15, 0.2) is 40.5 Å². The van der Waals surface area contributed by atoms with Crippen molar-refractivity contribution in [2.75, 3.05) is 39.7 Å². The number of halogens is 1. The van der Waals surface area contributed by atoms with Crippen LogP contribution in [0.4, 0.5) is 4.39 Å². The first-order valence-corrected chi connectivity index (χ1v) is 12.2. The third-order valence-corrected chi connectivity index (χ3v) is 6.81. The second-order valence-electron chi connectivity index (χ2n) is 7.04. The molecule has 0 spiro atoms. The number of hydrogen-bond acceptors (Lipinski definition) is 8. The lowest BCUT2D eigenvalue weighted by Crippen LogP contribution is -2.06. The van der Waals surface area contributed by atoms with E-state index >= 15 is 4.39 Å². The molecule has 1 unspecified atom stereocenters. The minimum Gasteiger partial charge on any atom is -0.486 e. The van der Waals surface area contributed by atoms with Gasteiger partial charge in [-0.3, -0.25) is 4.99 Å². The van der Waals surface area contributed by atoms with E-state index in [0.717, 1.165) is 21.1 Å². The number of rotatable bonds is 10. The van der Waals surface area contributed by atoms with Gasteiger partial charge in [0.2, 0.25) is 5.82 Å². The van der Waals surface area contributed by atoms with Crippen LogP contribution in [0.25, 0.3) is 10.9 Å². The second-order valence-corrected chi connectivity index (χ2v) is 9.16. The van der Waals surface area contributed by atoms with Gasteiger partial charge in [-0.25, -0.2) is 4.98 Å². The van der Waals surface area contributed by atoms with Crippen LogP contribution in [0.1, 0.15) is 12.1 Å². The number of ether oxygens (including phenoxy) is 3. The molecule has 2 N–H and O–H groups in total. The summed E-state index contributed by atoms with van der Waals surface area (Å²) in [6.45, 7) is 1.29. The lowest BCUT2D eigenvalue weighted by molar-refractivity contribution is 0.144. The fourth-order valence-corrected chi connectivity index (χ4v) is 4.72. The van der Waals surface area contributed by atoms with Gasteiger partial charge in [-0.05, 0) is 36.9 Å². The van der Waals surface area contributed by atoms with Gasteiger partial charge in [-0.1, -0.05) is 11.8 Å². The number of pyridine rings is 1. The van der Waals surface area contributed by atoms with Crippen LogP contribution in [0.5, 0.6) is 17.2 Å². The lowest BCUT2D eigenvalue weighted by Gasteiger charge is -2.12. The quantitative estimate of drug-likeness (QED) is 0.329. The van der Waals surface area contributed by atoms with Crippen LogP contribution in [0, 0.1) is 5.82 Å². The molecule has 0 radical (unpaired) electrons. The lowest BCUT2D eigenvalue weighted by atomic mass is 10.2. The summed E-state index contributed by atoms with van der Waals surface area (Å²) >= 11 is 3.12. The molecule has 10 heteroatoms. The Hall–Kier alpha value is -2.27. The maximum Gasteiger partial charge on any atom is 0.209 e. The highest BCUT2D eigenvalue weighted by Crippen LogP contribution is 2.39. The number of nitrogens with one attached hydrogen (secondary N) is 1. The van der Waals surface area contributed by atoms with Gasteiger partial charge in [-0.2, -0.15) is 4.39 Å². The molecule has 0 saturated heterocycles. The summed E-state index contributed by atoms with van der Waals surface area (Å²) in [4.78, 5) is 12.1. The molecule has 3 aromatic rings. The van der Waals surface area contributed by atoms with Gasteiger partial charge in [-0.15, -0.1) is 11.8 Å². The Kier molecular flexibility index (Phi) is 7.56. The van der Waals surface area contributed by atoms with Gasteiger partial charge in [0.25, 0.3) is 0 Å². The SMILES string of the molecule is COCCOc1c(F)c(Oc2ccc(SC)nc2)cc2cc(C3=NCC(CCO)S3)[nH]c12. The molecule has 1 aliphatic heterocycles. The smallest absolute Gasteiger partial charge is 0.209 e. The number of aliphatic hydroxyl groups is 1. The van der Waals surface area contributed by atoms with Crippen LogP contribution in [-0.4, -0.2) is 65.1 Å². The van der Waals surface area contributed by atoms with Crippen LogP contribution >= 0.6 is 23.5 Å². The summed E-state index contributed by atoms with van der Waals surface area (Å²) in [6.07, 6.45) is 4.18. The van der Waals surface area contributed by atoms with Crippen LogP contribution in [-0.2, 0) is 4.74 Å². The normalized spacial score (nSPS) is 15.9. The summed E-state index contributed by atoms with van der Waals surface area (Å²) in [5, 5.41) is 11.9. The molecular weight excluding hydrogens is 453 g/mol. The Bertz CT molecular complexity index is 1100. The number of aromatic amines is 1. The number of thioether (sulfide) groups is 2. The summed E-state index contributed by atoms with van der Waals surface area (Å²) in [5.74, 6) is -0.0457. The number of fused-ring (bicyclic) bond motifs is 1. The highest BCUT2D eigenvalue weighted by molar-refractivity contribution is 8.15. The number of nitrogens with zero attached hydrogens (tertiary/aromatic N) is 2. The molecule has 1 aromatic carbocycles. The summed E-state index contributed by atoms with van der Waals surface area (Å²) in [6, 6.07) is 7.12. The number of H-pyrrole nitrogens is 1. The largest absolute Gasteiger partial charge is 0.486 e. The molecule has 0 saturated carbocycles. The third kappa shape index (κ3) is 5.03. The molecule has 0 fully saturated rings. The first kappa shape index (κ1) is 22.9. The van der Waals surface area contributed by atoms with Crippen molar-refractivity contribution in [3.63, 3.8) is 0 Å². The summed E-state index contributed by atoms with van der Waals surface area (Å²) < 4.78 is 32.0. The van der Waals surface area contributed by atoms with Crippen molar-refractivity contribution < 1.29 is 23.7 Å². The van der Waals surface area contributed by atoms with E-state index in [2.05, 4.69) is 15.0 Å². The topological polar surface area (TPSA) is 89.0 Å². The van der Waals surface area contributed by atoms with Crippen molar-refractivity contribution in [3.05, 3.63) is 42.0 Å². The molecule has 7 nitrogen and oxygen atoms in total. The predicted molar refractivity (Wildman–Crippen MR) is 126 cm³/mol. The summed E-state index contributed by atoms with van der Waals surface area (Å²) in [7, 11) is 1.56. The van der Waals surface area contributed by atoms with E-state index in [0.29, 0.717) is 30.8 Å². The second kappa shape index (κ2) is 10.6. The average Bonchev–Trinajstić information content (AvgIpc) is 3.44. The van der Waals surface area contributed by atoms with E-state index in [-0.39, 0.29) is 30.0 Å². The number of methoxy groups -OCH3 is 1. The van der Waals surface area contributed by atoms with Gasteiger partial charge in [0, 0.05) is 24.4 Å². The van der Waals surface area contributed by atoms with Gasteiger partial charge >= 0.3 is 0 Å². The molecule has 0 amide bonds. The van der Waals surface area contributed by atoms with Gasteiger partial charge in [0.1, 0.15) is 17.4 Å². The third-order valence-electron chi connectivity index (χ3n) is 4.86. The molecule has 2 aromatic heterocycles. The Morgan fingerprint density at radius 1 is 1.31 bits per heavy atom. The van der Waals surface area contributed by atoms with Crippen molar-refractivity contribution in [3.8, 4) is 17.2 Å². The van der Waals surface area contributed by atoms with E-state index in [1.165, 1.54) is 11.8 Å². The van der Waals surface area contributed by atoms with Gasteiger partial charge in [0.05, 0.1) is 35.6 Å². The molecule has 0 aliphatic carbocycles. The van der Waals surface area contributed by atoms with Crippen LogP contribution in [0.3, 0.4) is 0 Å². The Labute approximate surface area is 193 Å². The average molecular weight is 478 g/mol. The number of aliphatic imine (C=N–C) groups is 1. The first-order valence-electron chi connectivity index (χ1n) is 10.1. The van der Waals surface area contributed by atoms with Crippen molar-refractivity contribution in [1.82, 2.24) is 9.97 Å². The van der Waals surface area contributed by atoms with Gasteiger partial charge < -0.3 is 24.3 Å². The fraction of sp³-hybridized carbons (Fsp3) is 0.364. The standard InChI is InChI=1S/C22H24FN3O4S2/c1-28-7-8-29-21-19(23)17(30-14-3-4-18(31-2)24-11-14)10-13-9-16(26-20(13)21)22-25-12-15(32-22)5-6-27/h3-4,9-11,15,26-27H,5-8,12H2,1-2H3. The molecule has 0 bridgehead atoms. The van der Waals surface area contributed by atoms with E-state index < -0.39 is 5.82 Å². The van der Waals surface area contributed by atoms with Crippen molar-refractivity contribution in [2.45, 2.75) is 16.7 Å². The number of aliphatic hydroxyl groups excluding tert-OH is 1. The molecule has 170 valence electrons. The number of aromatic nitrogens is 2. The maximum absolute atomic E-state index is 15.4. The molecule has 4 rings (SSSR count). The summed E-state index contributed by atoms with van der Waals surface area (Å²) in [5.41, 5.74) is 1.32. The van der Waals surface area contributed by atoms with Crippen molar-refractivity contribution >= 4 is 39.5 Å². The van der Waals surface area contributed by atoms with E-state index in [9.17, 15) is 5.11 Å². The highest BCUT2D eigenvalue weighted by atomic mass is 32.2. The first-order chi connectivity index (χ1) is 15.6. The zero-order valence-electron chi connectivity index (χ0n) is 17.8. The Morgan fingerprint density at radius 3 is 2.91 bits per heavy atom. The highest BCUT2D eigenvalue weighted by Gasteiger charge is 2.24. The fourth-order valence-electron chi connectivity index (χ4n) is 3.29. The zero-order valence-corrected chi connectivity index (χ0v) is 19.4. The Morgan fingerprint density at radius 2 is 2.19 bits per heavy atom. The molecule has 1 aliphatic rings. The van der Waals surface area contributed by atoms with Crippen LogP contribution < -0.4 is 9.47 Å². The monoisotopic (exact) mass is 477 g/mol. The van der Waals surface area contributed by atoms with E-state index in [1.807, 2.05) is 18.4 Å². The van der Waals surface area contributed by atoms with Crippen molar-refractivity contribution in [2.24, 2.45) is 4.99 Å². The predicted octanol–water partition coefficient (Wildman–Crippen LogP) is 4.49. The van der Waals surface area contributed by atoms with Crippen LogP contribution in [0.2, 0.25) is 0 Å². The number of benzene rings is 1. The number of hydrogen-bond donors (Lipinski definition) is 2. The zero-order chi connectivity index (χ0) is 22.5. The molecule has 32 heavy (non-hydrogen) atoms. The minimum absolute atomic E-state index is 0.0494. The minimum atomic E-state index is -0.602. The van der Waals surface area contributed by atoms with E-state index in [1.54, 1.807) is 37.2 Å². The molecule has 1 atom stereocenters. The molecule has 3 heterocycles. The van der Waals surface area contributed by atoms with E-state index in [4.69, 9.17) is 14.2 Å². The van der Waals surface area contributed by atoms with Crippen molar-refractivity contribution in [1.29, 1.82) is 0 Å². The van der Waals surface area contributed by atoms with Gasteiger partial charge in [0.15, 0.2) is 11.5 Å². The molecular formula is C22H24FN3O4S2. The Balaban J connectivity index is 1.68. The maximum atomic E-state index is 15.4.